The molecule has 0 radical (unpaired) electrons. The molecule has 0 saturated heterocycles. The minimum absolute atomic E-state index is 0.317. The summed E-state index contributed by atoms with van der Waals surface area (Å²) in [4.78, 5) is 17.0. The number of anilines is 1. The molecule has 1 N–H and O–H groups in total. The van der Waals surface area contributed by atoms with Crippen LogP contribution in [-0.2, 0) is 7.05 Å². The van der Waals surface area contributed by atoms with Crippen LogP contribution in [0.25, 0.3) is 22.2 Å². The largest absolute Gasteiger partial charge is 0.307 e. The van der Waals surface area contributed by atoms with Gasteiger partial charge in [0, 0.05) is 30.3 Å². The Kier molecular flexibility index (Phi) is 4.57. The van der Waals surface area contributed by atoms with Crippen LogP contribution in [0.2, 0.25) is 5.02 Å². The van der Waals surface area contributed by atoms with Crippen molar-refractivity contribution in [2.24, 2.45) is 7.05 Å². The molecule has 2 aromatic heterocycles. The third-order valence-electron chi connectivity index (χ3n) is 4.53. The van der Waals surface area contributed by atoms with Crippen molar-refractivity contribution in [2.75, 3.05) is 5.32 Å². The van der Waals surface area contributed by atoms with Gasteiger partial charge in [-0.2, -0.15) is 5.10 Å². The normalized spacial score (nSPS) is 11.0. The van der Waals surface area contributed by atoms with Crippen molar-refractivity contribution in [3.63, 3.8) is 0 Å². The number of nitrogens with zero attached hydrogens (tertiary/aromatic N) is 3. The first-order chi connectivity index (χ1) is 13.4. The summed E-state index contributed by atoms with van der Waals surface area (Å²) >= 11 is 6.29. The number of fused-ring (bicyclic) bond motifs is 1. The van der Waals surface area contributed by atoms with Gasteiger partial charge in [0.25, 0.3) is 5.91 Å². The summed E-state index contributed by atoms with van der Waals surface area (Å²) in [5.41, 5.74) is 3.13. The highest BCUT2D eigenvalue weighted by molar-refractivity contribution is 6.35. The maximum absolute atomic E-state index is 13.6. The average molecular weight is 395 g/mol. The van der Waals surface area contributed by atoms with Crippen LogP contribution < -0.4 is 5.32 Å². The van der Waals surface area contributed by atoms with Crippen LogP contribution in [-0.4, -0.2) is 20.7 Å². The molecule has 7 heteroatoms. The van der Waals surface area contributed by atoms with Gasteiger partial charge >= 0.3 is 0 Å². The Hall–Kier alpha value is -3.25. The molecule has 0 spiro atoms. The van der Waals surface area contributed by atoms with Gasteiger partial charge in [-0.3, -0.25) is 14.5 Å². The first kappa shape index (κ1) is 18.1. The fourth-order valence-corrected chi connectivity index (χ4v) is 3.29. The number of aryl methyl sites for hydroxylation is 2. The van der Waals surface area contributed by atoms with Crippen LogP contribution in [0.5, 0.6) is 0 Å². The number of hydrogen-bond acceptors (Lipinski definition) is 3. The number of halogens is 2. The van der Waals surface area contributed by atoms with E-state index in [9.17, 15) is 9.18 Å². The number of rotatable bonds is 3. The maximum Gasteiger partial charge on any atom is 0.258 e. The van der Waals surface area contributed by atoms with Crippen LogP contribution in [0.15, 0.2) is 54.7 Å². The smallest absolute Gasteiger partial charge is 0.258 e. The topological polar surface area (TPSA) is 59.8 Å². The summed E-state index contributed by atoms with van der Waals surface area (Å²) in [6.07, 6.45) is 1.66. The number of pyridine rings is 1. The summed E-state index contributed by atoms with van der Waals surface area (Å²) in [5.74, 6) is -0.240. The zero-order chi connectivity index (χ0) is 19.8. The van der Waals surface area contributed by atoms with Crippen molar-refractivity contribution in [3.8, 4) is 11.3 Å². The van der Waals surface area contributed by atoms with Gasteiger partial charge < -0.3 is 5.32 Å². The molecule has 0 fully saturated rings. The molecule has 0 aliphatic rings. The van der Waals surface area contributed by atoms with E-state index < -0.39 is 0 Å². The van der Waals surface area contributed by atoms with Crippen molar-refractivity contribution in [1.82, 2.24) is 14.8 Å². The lowest BCUT2D eigenvalue weighted by Crippen LogP contribution is -2.15. The van der Waals surface area contributed by atoms with Gasteiger partial charge in [0.2, 0.25) is 0 Å². The number of amides is 1. The zero-order valence-corrected chi connectivity index (χ0v) is 16.0. The lowest BCUT2D eigenvalue weighted by molar-refractivity contribution is 0.102. The first-order valence-electron chi connectivity index (χ1n) is 8.58. The standard InChI is InChI=1S/C21H16ClFN4O/c1-12-5-6-14(23)9-15(12)19-11-20(27(2)26-19)25-21(28)16-10-18-13(8-17(16)22)4-3-7-24-18/h3-11H,1-2H3,(H,25,28). The molecule has 2 heterocycles. The number of nitrogens with one attached hydrogen (secondary N) is 1. The fourth-order valence-electron chi connectivity index (χ4n) is 3.04. The van der Waals surface area contributed by atoms with E-state index in [0.717, 1.165) is 10.9 Å². The predicted molar refractivity (Wildman–Crippen MR) is 108 cm³/mol. The zero-order valence-electron chi connectivity index (χ0n) is 15.2. The highest BCUT2D eigenvalue weighted by atomic mass is 35.5. The Morgan fingerprint density at radius 1 is 1.18 bits per heavy atom. The second kappa shape index (κ2) is 7.05. The molecule has 0 bridgehead atoms. The van der Waals surface area contributed by atoms with Gasteiger partial charge in [-0.15, -0.1) is 0 Å². The maximum atomic E-state index is 13.6. The minimum atomic E-state index is -0.372. The van der Waals surface area contributed by atoms with E-state index in [4.69, 9.17) is 11.6 Å². The van der Waals surface area contributed by atoms with Gasteiger partial charge in [0.1, 0.15) is 11.6 Å². The first-order valence-corrected chi connectivity index (χ1v) is 8.96. The average Bonchev–Trinajstić information content (AvgIpc) is 3.03. The SMILES string of the molecule is Cc1ccc(F)cc1-c1cc(NC(=O)c2cc3ncccc3cc2Cl)n(C)n1. The lowest BCUT2D eigenvalue weighted by Gasteiger charge is -2.08. The Morgan fingerprint density at radius 3 is 2.82 bits per heavy atom. The molecule has 4 aromatic rings. The third kappa shape index (κ3) is 3.34. The molecule has 0 aliphatic heterocycles. The quantitative estimate of drug-likeness (QED) is 0.532. The van der Waals surface area contributed by atoms with E-state index in [-0.39, 0.29) is 11.7 Å². The molecule has 0 atom stereocenters. The van der Waals surface area contributed by atoms with Gasteiger partial charge in [0.15, 0.2) is 0 Å². The predicted octanol–water partition coefficient (Wildman–Crippen LogP) is 4.99. The molecule has 4 rings (SSSR count). The van der Waals surface area contributed by atoms with Crippen LogP contribution in [0.3, 0.4) is 0 Å². The van der Waals surface area contributed by atoms with Crippen molar-refractivity contribution in [2.45, 2.75) is 6.92 Å². The van der Waals surface area contributed by atoms with Crippen molar-refractivity contribution < 1.29 is 9.18 Å². The van der Waals surface area contributed by atoms with Crippen LogP contribution in [0.1, 0.15) is 15.9 Å². The van der Waals surface area contributed by atoms with Crippen molar-refractivity contribution in [1.29, 1.82) is 0 Å². The second-order valence-electron chi connectivity index (χ2n) is 6.48. The Bertz CT molecular complexity index is 1220. The molecule has 140 valence electrons. The fraction of sp³-hybridized carbons (Fsp3) is 0.0952. The van der Waals surface area contributed by atoms with E-state index in [1.165, 1.54) is 16.8 Å². The monoisotopic (exact) mass is 394 g/mol. The van der Waals surface area contributed by atoms with Gasteiger partial charge in [0.05, 0.1) is 21.8 Å². The molecular weight excluding hydrogens is 379 g/mol. The number of aromatic nitrogens is 3. The Balaban J connectivity index is 1.66. The number of carbonyl (C=O) groups excluding carboxylic acids is 1. The molecule has 28 heavy (non-hydrogen) atoms. The minimum Gasteiger partial charge on any atom is -0.307 e. The summed E-state index contributed by atoms with van der Waals surface area (Å²) in [5, 5.41) is 8.39. The third-order valence-corrected chi connectivity index (χ3v) is 4.85. The van der Waals surface area contributed by atoms with Gasteiger partial charge in [-0.1, -0.05) is 23.7 Å². The molecule has 1 amide bonds. The highest BCUT2D eigenvalue weighted by Crippen LogP contribution is 2.27. The second-order valence-corrected chi connectivity index (χ2v) is 6.89. The summed E-state index contributed by atoms with van der Waals surface area (Å²) < 4.78 is 15.2. The van der Waals surface area contributed by atoms with Crippen molar-refractivity contribution in [3.05, 3.63) is 76.7 Å². The van der Waals surface area contributed by atoms with E-state index >= 15 is 0 Å². The van der Waals surface area contributed by atoms with Crippen molar-refractivity contribution >= 4 is 34.2 Å². The van der Waals surface area contributed by atoms with E-state index in [2.05, 4.69) is 15.4 Å². The molecule has 2 aromatic carbocycles. The Labute approximate surface area is 165 Å². The van der Waals surface area contributed by atoms with Gasteiger partial charge in [-0.25, -0.2) is 4.39 Å². The van der Waals surface area contributed by atoms with E-state index in [1.54, 1.807) is 37.5 Å². The van der Waals surface area contributed by atoms with Crippen LogP contribution in [0.4, 0.5) is 10.2 Å². The van der Waals surface area contributed by atoms with E-state index in [1.807, 2.05) is 19.1 Å². The number of benzene rings is 2. The summed E-state index contributed by atoms with van der Waals surface area (Å²) in [6.45, 7) is 1.88. The summed E-state index contributed by atoms with van der Waals surface area (Å²) in [6, 6.07) is 13.3. The molecular formula is C21H16ClFN4O. The lowest BCUT2D eigenvalue weighted by atomic mass is 10.1. The molecule has 0 saturated carbocycles. The summed E-state index contributed by atoms with van der Waals surface area (Å²) in [7, 11) is 1.71. The number of hydrogen-bond donors (Lipinski definition) is 1. The molecule has 0 aliphatic carbocycles. The molecule has 5 nitrogen and oxygen atoms in total. The van der Waals surface area contributed by atoms with Crippen LogP contribution in [0, 0.1) is 12.7 Å². The van der Waals surface area contributed by atoms with Crippen LogP contribution >= 0.6 is 11.6 Å². The van der Waals surface area contributed by atoms with Gasteiger partial charge in [-0.05, 0) is 42.8 Å². The van der Waals surface area contributed by atoms with E-state index in [0.29, 0.717) is 33.2 Å². The number of carbonyl (C=O) groups is 1. The highest BCUT2D eigenvalue weighted by Gasteiger charge is 2.16. The molecule has 0 unspecified atom stereocenters. The Morgan fingerprint density at radius 2 is 2.00 bits per heavy atom.